The summed E-state index contributed by atoms with van der Waals surface area (Å²) in [5.74, 6) is -0.372. The minimum Gasteiger partial charge on any atom is -0.435 e. The molecule has 0 fully saturated rings. The van der Waals surface area contributed by atoms with E-state index < -0.39 is 12.5 Å². The van der Waals surface area contributed by atoms with Crippen LogP contribution in [0.3, 0.4) is 0 Å². The van der Waals surface area contributed by atoms with E-state index in [0.29, 0.717) is 16.5 Å². The number of ether oxygens (including phenoxy) is 1. The van der Waals surface area contributed by atoms with Gasteiger partial charge in [0.2, 0.25) is 5.91 Å². The van der Waals surface area contributed by atoms with E-state index in [0.717, 1.165) is 4.96 Å². The van der Waals surface area contributed by atoms with Gasteiger partial charge in [-0.2, -0.15) is 8.78 Å². The van der Waals surface area contributed by atoms with Crippen molar-refractivity contribution in [3.8, 4) is 5.75 Å². The molecule has 0 radical (unpaired) electrons. The summed E-state index contributed by atoms with van der Waals surface area (Å²) in [5.41, 5.74) is 1.05. The van der Waals surface area contributed by atoms with Gasteiger partial charge < -0.3 is 10.1 Å². The quantitative estimate of drug-likeness (QED) is 0.682. The number of thiazole rings is 1. The second-order valence-corrected chi connectivity index (χ2v) is 5.80. The third-order valence-corrected chi connectivity index (χ3v) is 4.03. The second-order valence-electron chi connectivity index (χ2n) is 4.57. The highest BCUT2D eigenvalue weighted by Crippen LogP contribution is 2.22. The fourth-order valence-corrected chi connectivity index (χ4v) is 2.99. The molecule has 0 unspecified atom stereocenters. The largest absolute Gasteiger partial charge is 0.435 e. The van der Waals surface area contributed by atoms with Crippen molar-refractivity contribution >= 4 is 45.6 Å². The highest BCUT2D eigenvalue weighted by Gasteiger charge is 2.09. The van der Waals surface area contributed by atoms with E-state index in [1.807, 2.05) is 5.38 Å². The molecule has 0 saturated heterocycles. The summed E-state index contributed by atoms with van der Waals surface area (Å²) in [6, 6.07) is 5.61. The Morgan fingerprint density at radius 1 is 1.38 bits per heavy atom. The molecule has 3 aromatic rings. The monoisotopic (exact) mass is 369 g/mol. The van der Waals surface area contributed by atoms with Crippen LogP contribution in [0.15, 0.2) is 41.9 Å². The molecule has 0 atom stereocenters. The Kier molecular flexibility index (Phi) is 4.77. The van der Waals surface area contributed by atoms with Crippen molar-refractivity contribution in [1.82, 2.24) is 9.38 Å². The van der Waals surface area contributed by atoms with Gasteiger partial charge in [-0.15, -0.1) is 11.3 Å². The summed E-state index contributed by atoms with van der Waals surface area (Å²) in [5, 5.41) is 4.77. The number of rotatable bonds is 5. The molecule has 0 aliphatic heterocycles. The van der Waals surface area contributed by atoms with Crippen LogP contribution in [0.5, 0.6) is 5.75 Å². The van der Waals surface area contributed by atoms with Gasteiger partial charge in [-0.3, -0.25) is 9.20 Å². The van der Waals surface area contributed by atoms with Gasteiger partial charge in [0.25, 0.3) is 0 Å². The fraction of sp³-hybridized carbons (Fsp3) is 0.0667. The molecular weight excluding hydrogens is 360 g/mol. The molecule has 124 valence electrons. The first-order valence-electron chi connectivity index (χ1n) is 6.68. The van der Waals surface area contributed by atoms with Gasteiger partial charge in [-0.1, -0.05) is 11.6 Å². The summed E-state index contributed by atoms with van der Waals surface area (Å²) < 4.78 is 30.1. The number of carbonyl (C=O) groups excluding carboxylic acids is 1. The van der Waals surface area contributed by atoms with E-state index in [2.05, 4.69) is 15.0 Å². The number of aromatic nitrogens is 2. The van der Waals surface area contributed by atoms with Crippen molar-refractivity contribution in [2.75, 3.05) is 5.32 Å². The Balaban J connectivity index is 1.67. The lowest BCUT2D eigenvalue weighted by molar-refractivity contribution is -0.111. The van der Waals surface area contributed by atoms with Crippen molar-refractivity contribution in [2.45, 2.75) is 6.61 Å². The molecule has 5 nitrogen and oxygen atoms in total. The van der Waals surface area contributed by atoms with Gasteiger partial charge in [0.15, 0.2) is 10.1 Å². The minimum atomic E-state index is -2.89. The van der Waals surface area contributed by atoms with Crippen LogP contribution in [0.4, 0.5) is 14.5 Å². The highest BCUT2D eigenvalue weighted by molar-refractivity contribution is 7.15. The van der Waals surface area contributed by atoms with Gasteiger partial charge in [-0.05, 0) is 30.3 Å². The number of nitrogens with one attached hydrogen (secondary N) is 1. The molecule has 2 aromatic heterocycles. The van der Waals surface area contributed by atoms with E-state index in [1.54, 1.807) is 16.7 Å². The molecule has 0 spiro atoms. The first kappa shape index (κ1) is 16.4. The normalized spacial score (nSPS) is 11.5. The molecule has 3 rings (SSSR count). The van der Waals surface area contributed by atoms with Crippen molar-refractivity contribution in [3.05, 3.63) is 52.8 Å². The summed E-state index contributed by atoms with van der Waals surface area (Å²) in [6.07, 6.45) is 4.67. The molecule has 24 heavy (non-hydrogen) atoms. The number of hydrogen-bond donors (Lipinski definition) is 1. The van der Waals surface area contributed by atoms with Crippen molar-refractivity contribution in [1.29, 1.82) is 0 Å². The van der Waals surface area contributed by atoms with Gasteiger partial charge in [0.1, 0.15) is 5.75 Å². The lowest BCUT2D eigenvalue weighted by Crippen LogP contribution is -2.08. The Morgan fingerprint density at radius 3 is 2.83 bits per heavy atom. The SMILES string of the molecule is O=C(/C=C/c1c(Cl)nc2sccn12)Nc1ccc(OC(F)F)cc1. The van der Waals surface area contributed by atoms with E-state index in [4.69, 9.17) is 11.6 Å². The van der Waals surface area contributed by atoms with Crippen LogP contribution in [0.25, 0.3) is 11.0 Å². The van der Waals surface area contributed by atoms with Crippen LogP contribution in [0.2, 0.25) is 5.15 Å². The second kappa shape index (κ2) is 6.98. The molecule has 1 aromatic carbocycles. The molecule has 1 N–H and O–H groups in total. The van der Waals surface area contributed by atoms with Gasteiger partial charge in [0, 0.05) is 23.3 Å². The maximum Gasteiger partial charge on any atom is 0.387 e. The summed E-state index contributed by atoms with van der Waals surface area (Å²) >= 11 is 7.46. The Morgan fingerprint density at radius 2 is 2.12 bits per heavy atom. The number of hydrogen-bond acceptors (Lipinski definition) is 4. The van der Waals surface area contributed by atoms with E-state index in [-0.39, 0.29) is 5.75 Å². The maximum atomic E-state index is 12.1. The fourth-order valence-electron chi connectivity index (χ4n) is 1.98. The zero-order valence-electron chi connectivity index (χ0n) is 11.9. The third-order valence-electron chi connectivity index (χ3n) is 2.99. The summed E-state index contributed by atoms with van der Waals surface area (Å²) in [6.45, 7) is -2.89. The first-order valence-corrected chi connectivity index (χ1v) is 7.93. The first-order chi connectivity index (χ1) is 11.5. The summed E-state index contributed by atoms with van der Waals surface area (Å²) in [7, 11) is 0. The number of nitrogens with zero attached hydrogens (tertiary/aromatic N) is 2. The average Bonchev–Trinajstić information content (AvgIpc) is 3.07. The van der Waals surface area contributed by atoms with E-state index >= 15 is 0 Å². The Hall–Kier alpha value is -2.45. The van der Waals surface area contributed by atoms with E-state index in [1.165, 1.54) is 41.7 Å². The number of carbonyl (C=O) groups is 1. The average molecular weight is 370 g/mol. The molecule has 0 aliphatic rings. The number of fused-ring (bicyclic) bond motifs is 1. The lowest BCUT2D eigenvalue weighted by atomic mass is 10.3. The zero-order chi connectivity index (χ0) is 17.1. The number of benzene rings is 1. The Bertz CT molecular complexity index is 890. The zero-order valence-corrected chi connectivity index (χ0v) is 13.5. The van der Waals surface area contributed by atoms with Crippen LogP contribution in [-0.2, 0) is 4.79 Å². The molecule has 0 aliphatic carbocycles. The molecule has 0 bridgehead atoms. The van der Waals surface area contributed by atoms with Crippen LogP contribution in [-0.4, -0.2) is 21.9 Å². The molecular formula is C15H10ClF2N3O2S. The predicted octanol–water partition coefficient (Wildman–Crippen LogP) is 4.30. The molecule has 0 saturated carbocycles. The highest BCUT2D eigenvalue weighted by atomic mass is 35.5. The van der Waals surface area contributed by atoms with Crippen molar-refractivity contribution < 1.29 is 18.3 Å². The lowest BCUT2D eigenvalue weighted by Gasteiger charge is -2.06. The molecule has 1 amide bonds. The topological polar surface area (TPSA) is 55.6 Å². The van der Waals surface area contributed by atoms with Gasteiger partial charge in [-0.25, -0.2) is 4.98 Å². The van der Waals surface area contributed by atoms with Crippen LogP contribution < -0.4 is 10.1 Å². The standard InChI is InChI=1S/C15H10ClF2N3O2S/c16-13-11(21-7-8-24-15(21)20-13)5-6-12(22)19-9-1-3-10(4-2-9)23-14(17)18/h1-8,14H,(H,19,22)/b6-5+. The number of amides is 1. The number of alkyl halides is 2. The van der Waals surface area contributed by atoms with Crippen LogP contribution in [0, 0.1) is 0 Å². The minimum absolute atomic E-state index is 0.0180. The van der Waals surface area contributed by atoms with Crippen LogP contribution >= 0.6 is 22.9 Å². The maximum absolute atomic E-state index is 12.1. The molecule has 2 heterocycles. The molecule has 9 heteroatoms. The number of halogens is 3. The number of imidazole rings is 1. The van der Waals surface area contributed by atoms with Crippen molar-refractivity contribution in [2.24, 2.45) is 0 Å². The Labute approximate surface area is 144 Å². The van der Waals surface area contributed by atoms with Gasteiger partial charge in [0.05, 0.1) is 5.69 Å². The summed E-state index contributed by atoms with van der Waals surface area (Å²) in [4.78, 5) is 16.8. The van der Waals surface area contributed by atoms with Crippen LogP contribution in [0.1, 0.15) is 5.69 Å². The smallest absolute Gasteiger partial charge is 0.387 e. The van der Waals surface area contributed by atoms with E-state index in [9.17, 15) is 13.6 Å². The van der Waals surface area contributed by atoms with Gasteiger partial charge >= 0.3 is 6.61 Å². The predicted molar refractivity (Wildman–Crippen MR) is 88.8 cm³/mol. The number of anilines is 1. The third kappa shape index (κ3) is 3.72. The van der Waals surface area contributed by atoms with Crippen molar-refractivity contribution in [3.63, 3.8) is 0 Å².